The molecule has 2 atom stereocenters. The number of carbonyl (C=O) groups is 3. The first-order chi connectivity index (χ1) is 33.1. The van der Waals surface area contributed by atoms with Crippen molar-refractivity contribution in [3.63, 3.8) is 0 Å². The Labute approximate surface area is 419 Å². The third-order valence-corrected chi connectivity index (χ3v) is 12.3. The van der Waals surface area contributed by atoms with Gasteiger partial charge in [0.1, 0.15) is 13.2 Å². The van der Waals surface area contributed by atoms with Crippen LogP contribution < -0.4 is 5.11 Å². The number of likely N-dealkylation sites (N-methyl/N-ethyl adjacent to an activating group) is 1. The summed E-state index contributed by atoms with van der Waals surface area (Å²) in [7, 11) is 5.92. The lowest BCUT2D eigenvalue weighted by molar-refractivity contribution is -0.870. The maximum atomic E-state index is 12.8. The van der Waals surface area contributed by atoms with Crippen LogP contribution in [0, 0.1) is 0 Å². The van der Waals surface area contributed by atoms with Crippen molar-refractivity contribution in [3.05, 3.63) is 48.6 Å². The van der Waals surface area contributed by atoms with Crippen molar-refractivity contribution in [3.8, 4) is 0 Å². The Morgan fingerprint density at radius 1 is 0.441 bits per heavy atom. The number of quaternary nitrogens is 1. The van der Waals surface area contributed by atoms with Crippen molar-refractivity contribution in [2.45, 2.75) is 264 Å². The summed E-state index contributed by atoms with van der Waals surface area (Å²) in [4.78, 5) is 37.2. The summed E-state index contributed by atoms with van der Waals surface area (Å²) >= 11 is 0. The zero-order valence-electron chi connectivity index (χ0n) is 45.0. The van der Waals surface area contributed by atoms with Gasteiger partial charge in [0.15, 0.2) is 12.4 Å². The van der Waals surface area contributed by atoms with Gasteiger partial charge in [-0.2, -0.15) is 0 Å². The molecule has 0 saturated carbocycles. The molecule has 0 aliphatic rings. The van der Waals surface area contributed by atoms with E-state index in [-0.39, 0.29) is 38.6 Å². The minimum absolute atomic E-state index is 0.145. The average Bonchev–Trinajstić information content (AvgIpc) is 3.30. The second-order valence-electron chi connectivity index (χ2n) is 20.2. The summed E-state index contributed by atoms with van der Waals surface area (Å²) in [6, 6.07) is 0. The molecule has 0 saturated heterocycles. The first-order valence-corrected chi connectivity index (χ1v) is 28.3. The Balaban J connectivity index is 4.16. The molecular weight excluding hydrogens is 851 g/mol. The summed E-state index contributed by atoms with van der Waals surface area (Å²) < 4.78 is 22.6. The van der Waals surface area contributed by atoms with Crippen LogP contribution in [0.25, 0.3) is 0 Å². The summed E-state index contributed by atoms with van der Waals surface area (Å²) in [6.07, 6.45) is 58.8. The fraction of sp³-hybridized carbons (Fsp3) is 0.814. The van der Waals surface area contributed by atoms with E-state index in [1.165, 1.54) is 148 Å². The van der Waals surface area contributed by atoms with E-state index in [4.69, 9.17) is 18.9 Å². The monoisotopic (exact) mass is 958 g/mol. The number of ether oxygens (including phenoxy) is 4. The zero-order valence-corrected chi connectivity index (χ0v) is 45.0. The van der Waals surface area contributed by atoms with Crippen LogP contribution >= 0.6 is 0 Å². The molecular formula is C59H107NO8. The van der Waals surface area contributed by atoms with Crippen molar-refractivity contribution in [1.29, 1.82) is 0 Å². The standard InChI is InChI=1S/C59H107NO8/c1-6-8-10-12-14-16-18-20-22-23-24-25-26-27-28-29-30-31-32-33-34-35-36-38-40-42-44-46-48-50-57(62)68-55(54-67-59(58(63)64)65-52-51-60(3,4)5)53-66-56(61)49-47-45-43-41-39-37-21-19-17-15-13-11-9-7-2/h13,15,18-21,23-24,55,59H,6-12,14,16-17,22,25-54H2,1-5H3/b15-13-,20-18-,21-19-,24-23-. The first kappa shape index (κ1) is 65.2. The van der Waals surface area contributed by atoms with Crippen LogP contribution in [0.1, 0.15) is 251 Å². The molecule has 2 unspecified atom stereocenters. The topological polar surface area (TPSA) is 111 Å². The van der Waals surface area contributed by atoms with Crippen LogP contribution in [0.4, 0.5) is 0 Å². The second kappa shape index (κ2) is 50.6. The third kappa shape index (κ3) is 51.1. The smallest absolute Gasteiger partial charge is 0.306 e. The van der Waals surface area contributed by atoms with Crippen molar-refractivity contribution < 1.29 is 42.9 Å². The molecule has 396 valence electrons. The number of nitrogens with zero attached hydrogens (tertiary/aromatic N) is 1. The zero-order chi connectivity index (χ0) is 49.9. The highest BCUT2D eigenvalue weighted by molar-refractivity contribution is 5.70. The average molecular weight is 959 g/mol. The van der Waals surface area contributed by atoms with Gasteiger partial charge in [-0.05, 0) is 70.6 Å². The van der Waals surface area contributed by atoms with Crippen LogP contribution in [-0.4, -0.2) is 82.3 Å². The quantitative estimate of drug-likeness (QED) is 0.0195. The molecule has 0 fully saturated rings. The molecule has 68 heavy (non-hydrogen) atoms. The van der Waals surface area contributed by atoms with Crippen LogP contribution in [-0.2, 0) is 33.3 Å². The normalized spacial score (nSPS) is 13.1. The Morgan fingerprint density at radius 3 is 1.21 bits per heavy atom. The first-order valence-electron chi connectivity index (χ1n) is 28.3. The molecule has 0 bridgehead atoms. The van der Waals surface area contributed by atoms with Crippen molar-refractivity contribution in [1.82, 2.24) is 0 Å². The fourth-order valence-electron chi connectivity index (χ4n) is 7.88. The molecule has 9 nitrogen and oxygen atoms in total. The number of carbonyl (C=O) groups excluding carboxylic acids is 3. The largest absolute Gasteiger partial charge is 0.545 e. The van der Waals surface area contributed by atoms with Gasteiger partial charge in [-0.15, -0.1) is 0 Å². The maximum Gasteiger partial charge on any atom is 0.306 e. The highest BCUT2D eigenvalue weighted by Crippen LogP contribution is 2.16. The number of hydrogen-bond acceptors (Lipinski definition) is 8. The number of unbranched alkanes of at least 4 members (excludes halogenated alkanes) is 29. The van der Waals surface area contributed by atoms with E-state index >= 15 is 0 Å². The van der Waals surface area contributed by atoms with E-state index in [2.05, 4.69) is 62.5 Å². The lowest BCUT2D eigenvalue weighted by atomic mass is 10.0. The van der Waals surface area contributed by atoms with Crippen molar-refractivity contribution in [2.24, 2.45) is 0 Å². The van der Waals surface area contributed by atoms with Gasteiger partial charge >= 0.3 is 11.9 Å². The minimum atomic E-state index is -1.62. The number of allylic oxidation sites excluding steroid dienone is 8. The molecule has 0 amide bonds. The lowest BCUT2D eigenvalue weighted by Crippen LogP contribution is -2.44. The molecule has 0 aliphatic carbocycles. The molecule has 9 heteroatoms. The summed E-state index contributed by atoms with van der Waals surface area (Å²) in [5.41, 5.74) is 0. The van der Waals surface area contributed by atoms with E-state index < -0.39 is 24.3 Å². The Bertz CT molecular complexity index is 1250. The molecule has 0 heterocycles. The lowest BCUT2D eigenvalue weighted by Gasteiger charge is -2.26. The molecule has 0 aliphatic heterocycles. The molecule has 0 aromatic rings. The molecule has 0 N–H and O–H groups in total. The summed E-state index contributed by atoms with van der Waals surface area (Å²) in [5.74, 6) is -2.29. The van der Waals surface area contributed by atoms with Crippen LogP contribution in [0.2, 0.25) is 0 Å². The molecule has 0 aromatic heterocycles. The van der Waals surface area contributed by atoms with Gasteiger partial charge in [0.05, 0.1) is 40.3 Å². The number of carboxylic acid groups (broad SMARTS) is 1. The highest BCUT2D eigenvalue weighted by atomic mass is 16.7. The van der Waals surface area contributed by atoms with Crippen LogP contribution in [0.15, 0.2) is 48.6 Å². The van der Waals surface area contributed by atoms with E-state index in [9.17, 15) is 19.5 Å². The molecule has 0 spiro atoms. The molecule has 0 aromatic carbocycles. The Morgan fingerprint density at radius 2 is 0.809 bits per heavy atom. The number of rotatable bonds is 52. The predicted molar refractivity (Wildman–Crippen MR) is 283 cm³/mol. The third-order valence-electron chi connectivity index (χ3n) is 12.3. The SMILES string of the molecule is CCCC/C=C\C/C=C\CCCCCCCC(=O)OCC(COC(OCC[N+](C)(C)C)C(=O)[O-])OC(=O)CCCCCCCCCCCCCCCCCCC/C=C\C/C=C\CCCCCCC. The summed E-state index contributed by atoms with van der Waals surface area (Å²) in [5, 5.41) is 11.7. The highest BCUT2D eigenvalue weighted by Gasteiger charge is 2.22. The van der Waals surface area contributed by atoms with E-state index in [0.717, 1.165) is 70.6 Å². The van der Waals surface area contributed by atoms with Crippen molar-refractivity contribution in [2.75, 3.05) is 47.5 Å². The van der Waals surface area contributed by atoms with Gasteiger partial charge in [0.2, 0.25) is 0 Å². The fourth-order valence-corrected chi connectivity index (χ4v) is 7.88. The number of carboxylic acids is 1. The molecule has 0 rings (SSSR count). The number of esters is 2. The van der Waals surface area contributed by atoms with Gasteiger partial charge in [-0.1, -0.05) is 217 Å². The van der Waals surface area contributed by atoms with Gasteiger partial charge in [-0.3, -0.25) is 9.59 Å². The van der Waals surface area contributed by atoms with E-state index in [1.54, 1.807) is 0 Å². The Kier molecular flexibility index (Phi) is 48.6. The number of hydrogen-bond donors (Lipinski definition) is 0. The Hall–Kier alpha value is -2.75. The maximum absolute atomic E-state index is 12.8. The van der Waals surface area contributed by atoms with Gasteiger partial charge in [-0.25, -0.2) is 0 Å². The number of aliphatic carboxylic acids is 1. The minimum Gasteiger partial charge on any atom is -0.545 e. The second-order valence-corrected chi connectivity index (χ2v) is 20.2. The van der Waals surface area contributed by atoms with Gasteiger partial charge < -0.3 is 33.3 Å². The summed E-state index contributed by atoms with van der Waals surface area (Å²) in [6.45, 7) is 4.70. The van der Waals surface area contributed by atoms with Gasteiger partial charge in [0, 0.05) is 12.8 Å². The van der Waals surface area contributed by atoms with Crippen LogP contribution in [0.3, 0.4) is 0 Å². The van der Waals surface area contributed by atoms with Crippen LogP contribution in [0.5, 0.6) is 0 Å². The van der Waals surface area contributed by atoms with E-state index in [0.29, 0.717) is 17.4 Å². The van der Waals surface area contributed by atoms with Crippen molar-refractivity contribution >= 4 is 17.9 Å². The van der Waals surface area contributed by atoms with E-state index in [1.807, 2.05) is 21.1 Å². The predicted octanol–water partition coefficient (Wildman–Crippen LogP) is 15.0. The van der Waals surface area contributed by atoms with Gasteiger partial charge in [0.25, 0.3) is 0 Å². The molecule has 0 radical (unpaired) electrons.